The molecule has 0 radical (unpaired) electrons. The molecule has 6 rings (SSSR count). The number of benzene rings is 3. The monoisotopic (exact) mass is 620 g/mol. The van der Waals surface area contributed by atoms with Crippen molar-refractivity contribution in [1.29, 1.82) is 0 Å². The molecule has 2 atom stereocenters. The third kappa shape index (κ3) is 7.35. The number of carboxylic acid groups (broad SMARTS) is 2. The molecule has 0 aromatic heterocycles. The minimum absolute atomic E-state index is 0.0134. The van der Waals surface area contributed by atoms with Crippen LogP contribution in [0.4, 0.5) is 18.9 Å². The van der Waals surface area contributed by atoms with E-state index in [1.165, 1.54) is 0 Å². The van der Waals surface area contributed by atoms with Crippen molar-refractivity contribution in [2.75, 3.05) is 18.5 Å². The number of aliphatic carboxylic acids is 2. The minimum Gasteiger partial charge on any atom is -0.480 e. The maximum atomic E-state index is 12.7. The lowest BCUT2D eigenvalue weighted by Crippen LogP contribution is -2.35. The van der Waals surface area contributed by atoms with Gasteiger partial charge < -0.3 is 26.4 Å². The number of likely N-dealkylation sites (tertiary alicyclic amines) is 1. The molecule has 3 heterocycles. The highest BCUT2D eigenvalue weighted by Crippen LogP contribution is 2.28. The van der Waals surface area contributed by atoms with Gasteiger partial charge in [-0.05, 0) is 53.4 Å². The second-order valence-electron chi connectivity index (χ2n) is 10.9. The zero-order valence-corrected chi connectivity index (χ0v) is 24.0. The first-order chi connectivity index (χ1) is 21.5. The van der Waals surface area contributed by atoms with Gasteiger partial charge >= 0.3 is 18.1 Å². The highest BCUT2D eigenvalue weighted by Gasteiger charge is 2.38. The van der Waals surface area contributed by atoms with Gasteiger partial charge in [0, 0.05) is 29.8 Å². The number of alkyl halides is 3. The topological polar surface area (TPSA) is 131 Å². The molecule has 12 heteroatoms. The predicted molar refractivity (Wildman–Crippen MR) is 162 cm³/mol. The molecule has 0 spiro atoms. The van der Waals surface area contributed by atoms with Gasteiger partial charge in [-0.2, -0.15) is 13.2 Å². The van der Waals surface area contributed by atoms with Crippen molar-refractivity contribution < 1.29 is 37.8 Å². The van der Waals surface area contributed by atoms with Gasteiger partial charge in [-0.25, -0.2) is 4.79 Å². The molecule has 1 unspecified atom stereocenters. The van der Waals surface area contributed by atoms with Gasteiger partial charge in [0.05, 0.1) is 11.4 Å². The number of hydrogen-bond donors (Lipinski definition) is 5. The Bertz CT molecular complexity index is 1740. The summed E-state index contributed by atoms with van der Waals surface area (Å²) < 4.78 is 31.7. The third-order valence-corrected chi connectivity index (χ3v) is 7.91. The van der Waals surface area contributed by atoms with Crippen LogP contribution in [0.2, 0.25) is 0 Å². The zero-order valence-electron chi connectivity index (χ0n) is 24.0. The summed E-state index contributed by atoms with van der Waals surface area (Å²) in [6.45, 7) is 2.09. The van der Waals surface area contributed by atoms with E-state index in [1.807, 2.05) is 41.3 Å². The Morgan fingerprint density at radius 3 is 2.33 bits per heavy atom. The molecule has 3 aromatic rings. The normalized spacial score (nSPS) is 20.6. The van der Waals surface area contributed by atoms with Crippen molar-refractivity contribution in [1.82, 2.24) is 15.6 Å². The molecule has 1 amide bonds. The van der Waals surface area contributed by atoms with Crippen molar-refractivity contribution in [3.05, 3.63) is 106 Å². The summed E-state index contributed by atoms with van der Waals surface area (Å²) in [5.74, 6) is -3.47. The van der Waals surface area contributed by atoms with Crippen LogP contribution in [0.5, 0.6) is 0 Å². The molecule has 3 aliphatic rings. The number of carbonyl (C=O) groups excluding carboxylic acids is 1. The number of hydrazine groups is 1. The Labute approximate surface area is 256 Å². The fourth-order valence-electron chi connectivity index (χ4n) is 5.68. The van der Waals surface area contributed by atoms with Crippen LogP contribution in [0.1, 0.15) is 35.4 Å². The van der Waals surface area contributed by atoms with Crippen LogP contribution < -0.4 is 26.6 Å². The molecule has 0 aliphatic carbocycles. The quantitative estimate of drug-likeness (QED) is 0.284. The molecule has 2 saturated heterocycles. The van der Waals surface area contributed by atoms with Crippen LogP contribution in [0, 0.1) is 0 Å². The fourth-order valence-corrected chi connectivity index (χ4v) is 5.68. The van der Waals surface area contributed by atoms with E-state index in [0.29, 0.717) is 13.1 Å². The number of halogens is 3. The average Bonchev–Trinajstić information content (AvgIpc) is 3.75. The first-order valence-corrected chi connectivity index (χ1v) is 14.3. The number of rotatable bonds is 6. The van der Waals surface area contributed by atoms with Gasteiger partial charge in [0.1, 0.15) is 6.04 Å². The Morgan fingerprint density at radius 2 is 1.67 bits per heavy atom. The van der Waals surface area contributed by atoms with Gasteiger partial charge in [-0.3, -0.25) is 14.5 Å². The highest BCUT2D eigenvalue weighted by atomic mass is 19.4. The zero-order chi connectivity index (χ0) is 32.1. The highest BCUT2D eigenvalue weighted by molar-refractivity contribution is 6.17. The predicted octanol–water partition coefficient (Wildman–Crippen LogP) is 3.18. The number of nitrogens with one attached hydrogen (secondary N) is 3. The summed E-state index contributed by atoms with van der Waals surface area (Å²) in [7, 11) is 0. The van der Waals surface area contributed by atoms with Crippen molar-refractivity contribution in [3.63, 3.8) is 0 Å². The first-order valence-electron chi connectivity index (χ1n) is 14.3. The Balaban J connectivity index is 0.000000515. The third-order valence-electron chi connectivity index (χ3n) is 7.91. The van der Waals surface area contributed by atoms with Gasteiger partial charge in [0.25, 0.3) is 0 Å². The first kappa shape index (κ1) is 31.3. The summed E-state index contributed by atoms with van der Waals surface area (Å²) in [6.07, 6.45) is 0.660. The van der Waals surface area contributed by atoms with Gasteiger partial charge in [0.15, 0.2) is 0 Å². The van der Waals surface area contributed by atoms with E-state index < -0.39 is 18.1 Å². The van der Waals surface area contributed by atoms with Gasteiger partial charge in [-0.15, -0.1) is 0 Å². The van der Waals surface area contributed by atoms with Crippen LogP contribution >= 0.6 is 0 Å². The number of carboxylic acids is 2. The van der Waals surface area contributed by atoms with Crippen LogP contribution in [0.3, 0.4) is 0 Å². The van der Waals surface area contributed by atoms with Crippen molar-refractivity contribution in [3.8, 4) is 0 Å². The fraction of sp³-hybridized carbons (Fsp3) is 0.242. The Morgan fingerprint density at radius 1 is 0.956 bits per heavy atom. The number of fused-ring (bicyclic) bond motifs is 1. The van der Waals surface area contributed by atoms with Crippen LogP contribution in [0.25, 0.3) is 17.3 Å². The number of hydrogen-bond acceptors (Lipinski definition) is 6. The smallest absolute Gasteiger partial charge is 0.480 e. The number of nitrogens with zero attached hydrogens (tertiary/aromatic N) is 1. The average molecular weight is 621 g/mol. The maximum absolute atomic E-state index is 12.7. The van der Waals surface area contributed by atoms with Crippen LogP contribution in [-0.4, -0.2) is 58.3 Å². The molecule has 2 fully saturated rings. The lowest BCUT2D eigenvalue weighted by atomic mass is 9.92. The maximum Gasteiger partial charge on any atom is 0.490 e. The molecule has 9 nitrogen and oxygen atoms in total. The van der Waals surface area contributed by atoms with Gasteiger partial charge in [0.2, 0.25) is 5.91 Å². The van der Waals surface area contributed by atoms with E-state index in [4.69, 9.17) is 9.90 Å². The number of amides is 1. The van der Waals surface area contributed by atoms with E-state index in [9.17, 15) is 27.9 Å². The van der Waals surface area contributed by atoms with Gasteiger partial charge in [-0.1, -0.05) is 72.8 Å². The lowest BCUT2D eigenvalue weighted by molar-refractivity contribution is -0.192. The van der Waals surface area contributed by atoms with E-state index in [-0.39, 0.29) is 17.9 Å². The molecule has 234 valence electrons. The Hall–Kier alpha value is -5.10. The molecule has 5 N–H and O–H groups in total. The minimum atomic E-state index is -5.08. The summed E-state index contributed by atoms with van der Waals surface area (Å²) in [5.41, 5.74) is 12.5. The van der Waals surface area contributed by atoms with Crippen molar-refractivity contribution in [2.24, 2.45) is 0 Å². The molecule has 45 heavy (non-hydrogen) atoms. The van der Waals surface area contributed by atoms with Crippen LogP contribution in [-0.2, 0) is 20.9 Å². The number of carbonyl (C=O) groups is 3. The second kappa shape index (κ2) is 13.3. The Kier molecular flexibility index (Phi) is 9.24. The van der Waals surface area contributed by atoms with E-state index in [2.05, 4.69) is 64.7 Å². The molecule has 3 aliphatic heterocycles. The molecule has 3 aromatic carbocycles. The molecular formula is C33H31F3N4O5. The summed E-state index contributed by atoms with van der Waals surface area (Å²) >= 11 is 0. The molecule has 0 bridgehead atoms. The van der Waals surface area contributed by atoms with Crippen LogP contribution in [0.15, 0.2) is 78.9 Å². The summed E-state index contributed by atoms with van der Waals surface area (Å²) in [6, 6.07) is 24.1. The second-order valence-corrected chi connectivity index (χ2v) is 10.9. The SMILES string of the molecule is O=C(O)C(F)(F)F.O=C1NCC(c2ccccc2)/C1=c1/ccc2c(c1)NNC=2/C=C/c1ccc(CN2CCC[C@H]2C(=O)O)cc1. The number of anilines is 1. The lowest BCUT2D eigenvalue weighted by Gasteiger charge is -2.20. The van der Waals surface area contributed by atoms with Crippen molar-refractivity contribution in [2.45, 2.75) is 37.5 Å². The molecule has 0 saturated carbocycles. The van der Waals surface area contributed by atoms with E-state index >= 15 is 0 Å². The summed E-state index contributed by atoms with van der Waals surface area (Å²) in [4.78, 5) is 35.1. The molecular weight excluding hydrogens is 589 g/mol. The van der Waals surface area contributed by atoms with E-state index in [1.54, 1.807) is 0 Å². The largest absolute Gasteiger partial charge is 0.490 e. The standard InChI is InChI=1S/C31H30N4O3.C2HF3O2/c36-30-29(25(18-32-30)22-5-2-1-3-6-22)23-13-14-24-26(33-34-27(24)17-23)15-12-20-8-10-21(11-9-20)19-35-16-4-7-28(35)31(37)38;3-2(4,5)1(6)7/h1-3,5-6,8-15,17,25,28,33-34H,4,7,16,18-19H2,(H,32,36)(H,37,38);(H,6,7)/b15-12+,29-23+;/t25?,28-;/m0./s1. The van der Waals surface area contributed by atoms with Crippen molar-refractivity contribution >= 4 is 40.9 Å². The van der Waals surface area contributed by atoms with E-state index in [0.717, 1.165) is 63.5 Å². The summed E-state index contributed by atoms with van der Waals surface area (Å²) in [5, 5.41) is 21.5.